The van der Waals surface area contributed by atoms with Crippen LogP contribution >= 0.6 is 0 Å². The van der Waals surface area contributed by atoms with E-state index in [4.69, 9.17) is 0 Å². The van der Waals surface area contributed by atoms with E-state index in [1.54, 1.807) is 0 Å². The van der Waals surface area contributed by atoms with Crippen LogP contribution in [0.3, 0.4) is 0 Å². The molecule has 3 nitrogen and oxygen atoms in total. The Balaban J connectivity index is 1.07. The number of hydrogen-bond acceptors (Lipinski definition) is 0. The molecule has 266 valence electrons. The molecule has 0 saturated heterocycles. The molecule has 12 aromatic rings. The van der Waals surface area contributed by atoms with E-state index in [0.29, 0.717) is 0 Å². The molecule has 0 amide bonds. The van der Waals surface area contributed by atoms with Crippen LogP contribution in [-0.2, 0) is 0 Å². The van der Waals surface area contributed by atoms with Crippen molar-refractivity contribution in [1.29, 1.82) is 0 Å². The van der Waals surface area contributed by atoms with Crippen molar-refractivity contribution < 1.29 is 0 Å². The Bertz CT molecular complexity index is 3470. The van der Waals surface area contributed by atoms with Gasteiger partial charge in [0.1, 0.15) is 0 Å². The van der Waals surface area contributed by atoms with Crippen LogP contribution in [0.25, 0.3) is 105 Å². The van der Waals surface area contributed by atoms with Gasteiger partial charge in [0.15, 0.2) is 0 Å². The van der Waals surface area contributed by atoms with Crippen molar-refractivity contribution in [1.82, 2.24) is 13.7 Å². The van der Waals surface area contributed by atoms with E-state index in [0.717, 1.165) is 11.4 Å². The van der Waals surface area contributed by atoms with Crippen LogP contribution in [0.2, 0.25) is 0 Å². The molecule has 0 radical (unpaired) electrons. The maximum Gasteiger partial charge on any atom is 0.0562 e. The molecule has 0 fully saturated rings. The van der Waals surface area contributed by atoms with E-state index in [2.05, 4.69) is 226 Å². The summed E-state index contributed by atoms with van der Waals surface area (Å²) in [6.07, 6.45) is 0. The van der Waals surface area contributed by atoms with E-state index in [9.17, 15) is 0 Å². The Kier molecular flexibility index (Phi) is 6.93. The van der Waals surface area contributed by atoms with Gasteiger partial charge in [0.05, 0.1) is 38.8 Å². The van der Waals surface area contributed by atoms with Crippen molar-refractivity contribution in [2.45, 2.75) is 0 Å². The lowest BCUT2D eigenvalue weighted by molar-refractivity contribution is 1.16. The molecule has 9 aromatic carbocycles. The summed E-state index contributed by atoms with van der Waals surface area (Å²) in [4.78, 5) is 0. The highest BCUT2D eigenvalue weighted by Crippen LogP contribution is 2.41. The minimum absolute atomic E-state index is 1.14. The van der Waals surface area contributed by atoms with E-state index < -0.39 is 0 Å². The van der Waals surface area contributed by atoms with Gasteiger partial charge in [-0.25, -0.2) is 0 Å². The van der Waals surface area contributed by atoms with Crippen LogP contribution in [0.4, 0.5) is 0 Å². The largest absolute Gasteiger partial charge is 0.309 e. The quantitative estimate of drug-likeness (QED) is 0.168. The number of nitrogens with zero attached hydrogens (tertiary/aromatic N) is 3. The highest BCUT2D eigenvalue weighted by Gasteiger charge is 2.21. The summed E-state index contributed by atoms with van der Waals surface area (Å²) in [5.41, 5.74) is 15.5. The monoisotopic (exact) mass is 725 g/mol. The van der Waals surface area contributed by atoms with Crippen molar-refractivity contribution in [2.75, 3.05) is 0 Å². The second-order valence-corrected chi connectivity index (χ2v) is 14.9. The van der Waals surface area contributed by atoms with Crippen molar-refractivity contribution in [3.63, 3.8) is 0 Å². The van der Waals surface area contributed by atoms with Crippen LogP contribution in [0.15, 0.2) is 212 Å². The second kappa shape index (κ2) is 12.5. The molecule has 0 N–H and O–H groups in total. The number of para-hydroxylation sites is 4. The molecule has 3 heterocycles. The average molecular weight is 726 g/mol. The standard InChI is InChI=1S/C54H35N3/c1-2-15-36(16-3-1)37-17-12-18-38(33-37)39-19-13-20-40(34-39)56-50-28-11-7-24-45(50)54-52(56)29-14-30-53(54)57-49-27-10-6-23-44(49)46-35-41(31-32-51(46)57)55-47-25-8-4-21-42(47)43-22-5-9-26-48(43)55/h1-35H. The van der Waals surface area contributed by atoms with Gasteiger partial charge in [-0.1, -0.05) is 140 Å². The van der Waals surface area contributed by atoms with Gasteiger partial charge in [0, 0.05) is 43.7 Å². The smallest absolute Gasteiger partial charge is 0.0562 e. The molecule has 0 aliphatic heterocycles. The molecular weight excluding hydrogens is 691 g/mol. The Morgan fingerprint density at radius 2 is 0.667 bits per heavy atom. The first-order chi connectivity index (χ1) is 28.3. The van der Waals surface area contributed by atoms with E-state index in [1.807, 2.05) is 0 Å². The Hall–Kier alpha value is -7.62. The SMILES string of the molecule is c1ccc(-c2cccc(-c3cccc(-n4c5ccccc5c5c(-n6c7ccccc7c7cc(-n8c9ccccc9c9ccccc98)ccc76)cccc54)c3)c2)cc1. The molecule has 0 aliphatic carbocycles. The van der Waals surface area contributed by atoms with E-state index in [-0.39, 0.29) is 0 Å². The van der Waals surface area contributed by atoms with Gasteiger partial charge >= 0.3 is 0 Å². The van der Waals surface area contributed by atoms with Gasteiger partial charge in [0.2, 0.25) is 0 Å². The van der Waals surface area contributed by atoms with Gasteiger partial charge in [-0.2, -0.15) is 0 Å². The Morgan fingerprint density at radius 3 is 1.37 bits per heavy atom. The van der Waals surface area contributed by atoms with E-state index in [1.165, 1.54) is 93.4 Å². The molecule has 3 aromatic heterocycles. The fourth-order valence-corrected chi connectivity index (χ4v) is 9.36. The summed E-state index contributed by atoms with van der Waals surface area (Å²) in [6, 6.07) is 77.4. The highest BCUT2D eigenvalue weighted by atomic mass is 15.0. The highest BCUT2D eigenvalue weighted by molar-refractivity contribution is 6.17. The van der Waals surface area contributed by atoms with Crippen molar-refractivity contribution in [3.8, 4) is 39.3 Å². The number of aromatic nitrogens is 3. The molecular formula is C54H35N3. The van der Waals surface area contributed by atoms with Gasteiger partial charge in [0.25, 0.3) is 0 Å². The van der Waals surface area contributed by atoms with Crippen molar-refractivity contribution in [3.05, 3.63) is 212 Å². The molecule has 0 saturated carbocycles. The maximum atomic E-state index is 2.48. The summed E-state index contributed by atoms with van der Waals surface area (Å²) >= 11 is 0. The molecule has 0 aliphatic rings. The summed E-state index contributed by atoms with van der Waals surface area (Å²) < 4.78 is 7.33. The van der Waals surface area contributed by atoms with Gasteiger partial charge in [-0.05, 0) is 95.1 Å². The van der Waals surface area contributed by atoms with Gasteiger partial charge in [-0.3, -0.25) is 0 Å². The van der Waals surface area contributed by atoms with Gasteiger partial charge < -0.3 is 13.7 Å². The third kappa shape index (κ3) is 4.79. The number of fused-ring (bicyclic) bond motifs is 9. The number of benzene rings is 9. The van der Waals surface area contributed by atoms with Crippen molar-refractivity contribution in [2.24, 2.45) is 0 Å². The average Bonchev–Trinajstić information content (AvgIpc) is 3.92. The Morgan fingerprint density at radius 1 is 0.228 bits per heavy atom. The van der Waals surface area contributed by atoms with Crippen molar-refractivity contribution >= 4 is 65.4 Å². The molecule has 0 unspecified atom stereocenters. The fourth-order valence-electron chi connectivity index (χ4n) is 9.36. The molecule has 0 spiro atoms. The lowest BCUT2D eigenvalue weighted by Gasteiger charge is -2.13. The van der Waals surface area contributed by atoms with Crippen LogP contribution in [0.1, 0.15) is 0 Å². The summed E-state index contributed by atoms with van der Waals surface area (Å²) in [7, 11) is 0. The lowest BCUT2D eigenvalue weighted by atomic mass is 9.99. The summed E-state index contributed by atoms with van der Waals surface area (Å²) in [6.45, 7) is 0. The Labute approximate surface area is 329 Å². The minimum Gasteiger partial charge on any atom is -0.309 e. The molecule has 0 bridgehead atoms. The number of rotatable bonds is 5. The molecule has 0 atom stereocenters. The zero-order valence-electron chi connectivity index (χ0n) is 31.0. The first-order valence-electron chi connectivity index (χ1n) is 19.6. The first-order valence-corrected chi connectivity index (χ1v) is 19.6. The summed E-state index contributed by atoms with van der Waals surface area (Å²) in [5, 5.41) is 7.47. The van der Waals surface area contributed by atoms with Gasteiger partial charge in [-0.15, -0.1) is 0 Å². The zero-order valence-corrected chi connectivity index (χ0v) is 31.0. The lowest BCUT2D eigenvalue weighted by Crippen LogP contribution is -1.97. The number of hydrogen-bond donors (Lipinski definition) is 0. The van der Waals surface area contributed by atoms with Crippen LogP contribution in [-0.4, -0.2) is 13.7 Å². The minimum atomic E-state index is 1.14. The fraction of sp³-hybridized carbons (Fsp3) is 0. The van der Waals surface area contributed by atoms with Crippen LogP contribution in [0.5, 0.6) is 0 Å². The van der Waals surface area contributed by atoms with E-state index >= 15 is 0 Å². The molecule has 3 heteroatoms. The predicted molar refractivity (Wildman–Crippen MR) is 240 cm³/mol. The topological polar surface area (TPSA) is 14.8 Å². The molecule has 12 rings (SSSR count). The zero-order chi connectivity index (χ0) is 37.5. The summed E-state index contributed by atoms with van der Waals surface area (Å²) in [5.74, 6) is 0. The second-order valence-electron chi connectivity index (χ2n) is 14.9. The maximum absolute atomic E-state index is 2.48. The third-order valence-corrected chi connectivity index (χ3v) is 11.8. The normalized spacial score (nSPS) is 11.9. The molecule has 57 heavy (non-hydrogen) atoms. The van der Waals surface area contributed by atoms with Crippen LogP contribution in [0, 0.1) is 0 Å². The predicted octanol–water partition coefficient (Wildman–Crippen LogP) is 14.3. The first kappa shape index (κ1) is 31.7. The van der Waals surface area contributed by atoms with Crippen LogP contribution < -0.4 is 0 Å². The third-order valence-electron chi connectivity index (χ3n) is 11.8.